The number of aryl methyl sites for hydroxylation is 1. The number of nitro benzene ring substituents is 1. The fourth-order valence-corrected chi connectivity index (χ4v) is 5.27. The first kappa shape index (κ1) is 23.2. The zero-order valence-corrected chi connectivity index (χ0v) is 20.0. The van der Waals surface area contributed by atoms with Crippen molar-refractivity contribution in [2.45, 2.75) is 13.0 Å². The quantitative estimate of drug-likeness (QED) is 0.132. The van der Waals surface area contributed by atoms with E-state index in [-0.39, 0.29) is 16.4 Å². The summed E-state index contributed by atoms with van der Waals surface area (Å²) in [6.07, 6.45) is 0. The third-order valence-corrected chi connectivity index (χ3v) is 6.96. The van der Waals surface area contributed by atoms with Crippen molar-refractivity contribution in [3.8, 4) is 5.75 Å². The summed E-state index contributed by atoms with van der Waals surface area (Å²) in [6, 6.07) is 16.5. The number of ether oxygens (including phenoxy) is 1. The maximum absolute atomic E-state index is 13.3. The monoisotopic (exact) mass is 501 g/mol. The van der Waals surface area contributed by atoms with Crippen LogP contribution in [0, 0.1) is 17.0 Å². The number of aliphatic hydroxyl groups is 1. The number of thiazole rings is 1. The Bertz CT molecular complexity index is 1570. The predicted molar refractivity (Wildman–Crippen MR) is 135 cm³/mol. The Balaban J connectivity index is 1.73. The van der Waals surface area contributed by atoms with Gasteiger partial charge in [-0.1, -0.05) is 29.5 Å². The Morgan fingerprint density at radius 1 is 1.11 bits per heavy atom. The maximum Gasteiger partial charge on any atom is 0.301 e. The number of nitrogens with zero attached hydrogens (tertiary/aromatic N) is 3. The fourth-order valence-electron chi connectivity index (χ4n) is 4.18. The number of amides is 1. The van der Waals surface area contributed by atoms with E-state index in [9.17, 15) is 24.8 Å². The number of carbonyl (C=O) groups excluding carboxylic acids is 2. The maximum atomic E-state index is 13.3. The summed E-state index contributed by atoms with van der Waals surface area (Å²) in [4.78, 5) is 43.3. The lowest BCUT2D eigenvalue weighted by molar-refractivity contribution is -0.384. The number of nitro groups is 1. The van der Waals surface area contributed by atoms with Crippen LogP contribution in [0.1, 0.15) is 22.7 Å². The number of Topliss-reactive ketones (excluding diaryl/α,β-unsaturated/α-hetero) is 1. The number of methoxy groups -OCH3 is 1. The lowest BCUT2D eigenvalue weighted by Gasteiger charge is -2.22. The molecule has 180 valence electrons. The molecule has 1 saturated heterocycles. The van der Waals surface area contributed by atoms with Crippen LogP contribution in [0.25, 0.3) is 16.0 Å². The number of fused-ring (bicyclic) bond motifs is 1. The Hall–Kier alpha value is -4.57. The van der Waals surface area contributed by atoms with E-state index in [1.54, 1.807) is 30.3 Å². The van der Waals surface area contributed by atoms with E-state index in [1.165, 1.54) is 41.5 Å². The molecule has 4 aromatic rings. The van der Waals surface area contributed by atoms with Gasteiger partial charge in [-0.3, -0.25) is 24.6 Å². The van der Waals surface area contributed by atoms with Gasteiger partial charge in [-0.05, 0) is 54.4 Å². The minimum atomic E-state index is -1.12. The van der Waals surface area contributed by atoms with E-state index in [0.717, 1.165) is 10.3 Å². The number of benzene rings is 3. The number of non-ortho nitro benzene ring substituents is 1. The van der Waals surface area contributed by atoms with Crippen LogP contribution < -0.4 is 9.64 Å². The second kappa shape index (κ2) is 8.90. The van der Waals surface area contributed by atoms with Crippen molar-refractivity contribution in [2.75, 3.05) is 12.0 Å². The van der Waals surface area contributed by atoms with Crippen LogP contribution in [0.15, 0.2) is 72.3 Å². The van der Waals surface area contributed by atoms with Crippen molar-refractivity contribution < 1.29 is 24.4 Å². The number of hydrogen-bond donors (Lipinski definition) is 1. The van der Waals surface area contributed by atoms with E-state index in [4.69, 9.17) is 4.74 Å². The van der Waals surface area contributed by atoms with E-state index in [2.05, 4.69) is 4.98 Å². The molecule has 0 spiro atoms. The second-order valence-electron chi connectivity index (χ2n) is 8.22. The van der Waals surface area contributed by atoms with Gasteiger partial charge in [0.05, 0.1) is 33.9 Å². The van der Waals surface area contributed by atoms with Gasteiger partial charge in [0.2, 0.25) is 0 Å². The van der Waals surface area contributed by atoms with Crippen LogP contribution in [0.5, 0.6) is 5.75 Å². The molecule has 1 amide bonds. The molecule has 1 aliphatic heterocycles. The van der Waals surface area contributed by atoms with Crippen molar-refractivity contribution >= 4 is 49.8 Å². The smallest absolute Gasteiger partial charge is 0.301 e. The molecule has 3 aromatic carbocycles. The van der Waals surface area contributed by atoms with Crippen molar-refractivity contribution in [1.82, 2.24) is 4.98 Å². The van der Waals surface area contributed by atoms with Gasteiger partial charge in [-0.15, -0.1) is 0 Å². The van der Waals surface area contributed by atoms with Gasteiger partial charge < -0.3 is 9.84 Å². The number of anilines is 1. The summed E-state index contributed by atoms with van der Waals surface area (Å²) in [7, 11) is 1.50. The summed E-state index contributed by atoms with van der Waals surface area (Å²) in [5, 5.41) is 22.9. The first-order valence-corrected chi connectivity index (χ1v) is 11.7. The standard InChI is InChI=1S/C26H19N3O6S/c1-14-6-11-19-20(12-14)36-26(27-19)28-22(16-4-3-5-17(13-16)29(33)34)21(24(31)25(28)32)23(30)15-7-9-18(35-2)10-8-15/h3-13,22,30H,1-2H3/b23-21+. The molecule has 1 fully saturated rings. The molecular formula is C26H19N3O6S. The summed E-state index contributed by atoms with van der Waals surface area (Å²) in [5.41, 5.74) is 1.87. The van der Waals surface area contributed by atoms with Gasteiger partial charge >= 0.3 is 5.91 Å². The van der Waals surface area contributed by atoms with E-state index >= 15 is 0 Å². The van der Waals surface area contributed by atoms with E-state index < -0.39 is 28.4 Å². The average molecular weight is 502 g/mol. The number of hydrogen-bond acceptors (Lipinski definition) is 8. The van der Waals surface area contributed by atoms with Crippen LogP contribution in [-0.2, 0) is 9.59 Å². The SMILES string of the molecule is COc1ccc(/C(O)=C2\C(=O)C(=O)N(c3nc4ccc(C)cc4s3)C2c2cccc([N+](=O)[O-])c2)cc1. The van der Waals surface area contributed by atoms with Gasteiger partial charge in [0.15, 0.2) is 5.13 Å². The normalized spacial score (nSPS) is 17.1. The third-order valence-electron chi connectivity index (χ3n) is 5.94. The molecule has 0 bridgehead atoms. The molecule has 1 unspecified atom stereocenters. The Morgan fingerprint density at radius 2 is 1.86 bits per heavy atom. The van der Waals surface area contributed by atoms with Gasteiger partial charge in [-0.25, -0.2) is 4.98 Å². The van der Waals surface area contributed by atoms with Crippen LogP contribution in [0.4, 0.5) is 10.8 Å². The van der Waals surface area contributed by atoms with Crippen LogP contribution in [0.2, 0.25) is 0 Å². The highest BCUT2D eigenvalue weighted by Crippen LogP contribution is 2.45. The molecule has 9 nitrogen and oxygen atoms in total. The first-order chi connectivity index (χ1) is 17.3. The lowest BCUT2D eigenvalue weighted by atomic mass is 9.95. The molecule has 1 aliphatic rings. The summed E-state index contributed by atoms with van der Waals surface area (Å²) >= 11 is 1.23. The van der Waals surface area contributed by atoms with Crippen LogP contribution >= 0.6 is 11.3 Å². The molecule has 1 atom stereocenters. The molecule has 0 saturated carbocycles. The minimum absolute atomic E-state index is 0.180. The molecule has 0 radical (unpaired) electrons. The topological polar surface area (TPSA) is 123 Å². The van der Waals surface area contributed by atoms with Gasteiger partial charge in [0.25, 0.3) is 11.5 Å². The van der Waals surface area contributed by atoms with Gasteiger partial charge in [0.1, 0.15) is 11.5 Å². The number of aromatic nitrogens is 1. The Labute approximate surface area is 209 Å². The second-order valence-corrected chi connectivity index (χ2v) is 9.23. The van der Waals surface area contributed by atoms with Gasteiger partial charge in [-0.2, -0.15) is 0 Å². The van der Waals surface area contributed by atoms with Crippen LogP contribution in [0.3, 0.4) is 0 Å². The lowest BCUT2D eigenvalue weighted by Crippen LogP contribution is -2.29. The average Bonchev–Trinajstić information content (AvgIpc) is 3.41. The number of aliphatic hydroxyl groups excluding tert-OH is 1. The molecule has 1 aromatic heterocycles. The van der Waals surface area contributed by atoms with E-state index in [1.807, 2.05) is 25.1 Å². The van der Waals surface area contributed by atoms with Crippen LogP contribution in [-0.4, -0.2) is 33.8 Å². The highest BCUT2D eigenvalue weighted by Gasteiger charge is 2.48. The number of rotatable bonds is 5. The molecule has 0 aliphatic carbocycles. The Morgan fingerprint density at radius 3 is 2.56 bits per heavy atom. The van der Waals surface area contributed by atoms with Crippen molar-refractivity contribution in [1.29, 1.82) is 0 Å². The summed E-state index contributed by atoms with van der Waals surface area (Å²) < 4.78 is 5.97. The summed E-state index contributed by atoms with van der Waals surface area (Å²) in [6.45, 7) is 1.93. The zero-order valence-electron chi connectivity index (χ0n) is 19.2. The zero-order chi connectivity index (χ0) is 25.6. The largest absolute Gasteiger partial charge is 0.507 e. The van der Waals surface area contributed by atoms with Crippen molar-refractivity contribution in [3.63, 3.8) is 0 Å². The fraction of sp³-hybridized carbons (Fsp3) is 0.115. The number of ketones is 1. The highest BCUT2D eigenvalue weighted by atomic mass is 32.1. The van der Waals surface area contributed by atoms with E-state index in [0.29, 0.717) is 22.4 Å². The first-order valence-electron chi connectivity index (χ1n) is 10.9. The molecule has 36 heavy (non-hydrogen) atoms. The third kappa shape index (κ3) is 3.87. The number of carbonyl (C=O) groups is 2. The Kier molecular flexibility index (Phi) is 5.73. The highest BCUT2D eigenvalue weighted by molar-refractivity contribution is 7.22. The summed E-state index contributed by atoms with van der Waals surface area (Å²) in [5.74, 6) is -1.63. The minimum Gasteiger partial charge on any atom is -0.507 e. The predicted octanol–water partition coefficient (Wildman–Crippen LogP) is 5.15. The van der Waals surface area contributed by atoms with Crippen molar-refractivity contribution in [3.05, 3.63) is 99.1 Å². The van der Waals surface area contributed by atoms with Crippen molar-refractivity contribution in [2.24, 2.45) is 0 Å². The molecule has 2 heterocycles. The molecule has 1 N–H and O–H groups in total. The van der Waals surface area contributed by atoms with Gasteiger partial charge in [0, 0.05) is 17.7 Å². The molecule has 5 rings (SSSR count). The molecular weight excluding hydrogens is 482 g/mol. The molecule has 10 heteroatoms.